The van der Waals surface area contributed by atoms with Gasteiger partial charge in [0.2, 0.25) is 0 Å². The number of fused-ring (bicyclic) bond motifs is 1. The lowest BCUT2D eigenvalue weighted by Crippen LogP contribution is -2.10. The van der Waals surface area contributed by atoms with Gasteiger partial charge in [-0.3, -0.25) is 0 Å². The molecule has 0 saturated carbocycles. The number of hydrogen-bond acceptors (Lipinski definition) is 2. The molecule has 2 aromatic carbocycles. The van der Waals surface area contributed by atoms with E-state index in [-0.39, 0.29) is 12.4 Å². The topological polar surface area (TPSA) is 38.1 Å². The first-order chi connectivity index (χ1) is 10.6. The maximum Gasteiger partial charge on any atom is 0.139 e. The highest BCUT2D eigenvalue weighted by Crippen LogP contribution is 2.27. The van der Waals surface area contributed by atoms with Crippen LogP contribution in [0.3, 0.4) is 0 Å². The Morgan fingerprint density at radius 2 is 2.00 bits per heavy atom. The van der Waals surface area contributed by atoms with Crippen LogP contribution in [0.5, 0.6) is 0 Å². The summed E-state index contributed by atoms with van der Waals surface area (Å²) in [6.45, 7) is 2.11. The molecule has 0 aliphatic carbocycles. The third kappa shape index (κ3) is 2.60. The molecule has 22 heavy (non-hydrogen) atoms. The standard InChI is InChI=1S/C17H16ClFN2O/c1-2-16(22)17-20-14-8-3-4-9-15(14)21(17)10-11-12(18)6-5-7-13(11)19/h3-9,16,22H,2,10H2,1H3/t16-/m1/s1. The molecule has 3 rings (SSSR count). The highest BCUT2D eigenvalue weighted by atomic mass is 35.5. The minimum atomic E-state index is -0.696. The average molecular weight is 319 g/mol. The summed E-state index contributed by atoms with van der Waals surface area (Å²) in [5, 5.41) is 10.6. The number of imidazole rings is 1. The van der Waals surface area contributed by atoms with Gasteiger partial charge in [0.25, 0.3) is 0 Å². The number of benzene rings is 2. The number of aromatic nitrogens is 2. The van der Waals surface area contributed by atoms with Gasteiger partial charge in [-0.15, -0.1) is 0 Å². The molecular weight excluding hydrogens is 303 g/mol. The quantitative estimate of drug-likeness (QED) is 0.778. The van der Waals surface area contributed by atoms with Crippen molar-refractivity contribution < 1.29 is 9.50 Å². The number of aliphatic hydroxyl groups excluding tert-OH is 1. The molecule has 0 amide bonds. The van der Waals surface area contributed by atoms with Crippen LogP contribution in [-0.4, -0.2) is 14.7 Å². The Kier molecular flexibility index (Phi) is 4.14. The number of para-hydroxylation sites is 2. The van der Waals surface area contributed by atoms with E-state index in [0.29, 0.717) is 22.8 Å². The van der Waals surface area contributed by atoms with Crippen molar-refractivity contribution >= 4 is 22.6 Å². The summed E-state index contributed by atoms with van der Waals surface area (Å²) >= 11 is 6.13. The molecule has 5 heteroatoms. The van der Waals surface area contributed by atoms with E-state index in [2.05, 4.69) is 4.98 Å². The molecule has 0 saturated heterocycles. The van der Waals surface area contributed by atoms with Gasteiger partial charge in [-0.2, -0.15) is 0 Å². The summed E-state index contributed by atoms with van der Waals surface area (Å²) in [5.41, 5.74) is 2.03. The molecule has 1 atom stereocenters. The first-order valence-electron chi connectivity index (χ1n) is 7.18. The molecule has 0 fully saturated rings. The molecule has 0 bridgehead atoms. The Morgan fingerprint density at radius 1 is 1.23 bits per heavy atom. The van der Waals surface area contributed by atoms with Gasteiger partial charge in [-0.25, -0.2) is 9.37 Å². The zero-order chi connectivity index (χ0) is 15.7. The van der Waals surface area contributed by atoms with E-state index in [4.69, 9.17) is 11.6 Å². The Hall–Kier alpha value is -1.91. The minimum Gasteiger partial charge on any atom is -0.385 e. The number of rotatable bonds is 4. The maximum atomic E-state index is 14.1. The van der Waals surface area contributed by atoms with Crippen molar-refractivity contribution in [1.82, 2.24) is 9.55 Å². The molecule has 0 aliphatic rings. The molecule has 3 aromatic rings. The van der Waals surface area contributed by atoms with Crippen molar-refractivity contribution in [2.75, 3.05) is 0 Å². The number of hydrogen-bond donors (Lipinski definition) is 1. The molecule has 1 N–H and O–H groups in total. The molecule has 0 aliphatic heterocycles. The molecular formula is C17H16ClFN2O. The molecule has 1 aromatic heterocycles. The van der Waals surface area contributed by atoms with Crippen molar-refractivity contribution in [3.63, 3.8) is 0 Å². The zero-order valence-electron chi connectivity index (χ0n) is 12.1. The van der Waals surface area contributed by atoms with E-state index in [1.807, 2.05) is 35.8 Å². The van der Waals surface area contributed by atoms with Crippen molar-refractivity contribution in [2.24, 2.45) is 0 Å². The molecule has 3 nitrogen and oxygen atoms in total. The Morgan fingerprint density at radius 3 is 2.73 bits per heavy atom. The lowest BCUT2D eigenvalue weighted by atomic mass is 10.2. The minimum absolute atomic E-state index is 0.235. The number of aliphatic hydroxyl groups is 1. The van der Waals surface area contributed by atoms with Crippen molar-refractivity contribution in [1.29, 1.82) is 0 Å². The predicted molar refractivity (Wildman–Crippen MR) is 85.5 cm³/mol. The highest BCUT2D eigenvalue weighted by Gasteiger charge is 2.18. The molecule has 0 unspecified atom stereocenters. The first-order valence-corrected chi connectivity index (χ1v) is 7.55. The predicted octanol–water partition coefficient (Wildman–Crippen LogP) is 4.32. The van der Waals surface area contributed by atoms with Crippen LogP contribution in [0.2, 0.25) is 5.02 Å². The van der Waals surface area contributed by atoms with Crippen LogP contribution < -0.4 is 0 Å². The van der Waals surface area contributed by atoms with Crippen molar-refractivity contribution in [3.05, 3.63) is 64.7 Å². The van der Waals surface area contributed by atoms with Gasteiger partial charge in [-0.1, -0.05) is 36.7 Å². The summed E-state index contributed by atoms with van der Waals surface area (Å²) in [5.74, 6) is 0.172. The fraction of sp³-hybridized carbons (Fsp3) is 0.235. The molecule has 114 valence electrons. The summed E-state index contributed by atoms with van der Waals surface area (Å²) in [4.78, 5) is 4.49. The maximum absolute atomic E-state index is 14.1. The van der Waals surface area contributed by atoms with Gasteiger partial charge in [0, 0.05) is 10.6 Å². The smallest absolute Gasteiger partial charge is 0.139 e. The van der Waals surface area contributed by atoms with Crippen LogP contribution in [-0.2, 0) is 6.54 Å². The fourth-order valence-corrected chi connectivity index (χ4v) is 2.76. The van der Waals surface area contributed by atoms with E-state index < -0.39 is 6.10 Å². The third-order valence-corrected chi connectivity index (χ3v) is 4.10. The lowest BCUT2D eigenvalue weighted by Gasteiger charge is -2.14. The van der Waals surface area contributed by atoms with E-state index in [0.717, 1.165) is 11.0 Å². The van der Waals surface area contributed by atoms with E-state index in [1.54, 1.807) is 12.1 Å². The second-order valence-electron chi connectivity index (χ2n) is 5.17. The lowest BCUT2D eigenvalue weighted by molar-refractivity contribution is 0.160. The summed E-state index contributed by atoms with van der Waals surface area (Å²) in [6.07, 6.45) is -0.160. The summed E-state index contributed by atoms with van der Waals surface area (Å²) in [7, 11) is 0. The summed E-state index contributed by atoms with van der Waals surface area (Å²) < 4.78 is 15.9. The van der Waals surface area contributed by atoms with Crippen molar-refractivity contribution in [2.45, 2.75) is 26.0 Å². The van der Waals surface area contributed by atoms with Gasteiger partial charge in [-0.05, 0) is 30.7 Å². The zero-order valence-corrected chi connectivity index (χ0v) is 12.9. The largest absolute Gasteiger partial charge is 0.385 e. The number of nitrogens with zero attached hydrogens (tertiary/aromatic N) is 2. The van der Waals surface area contributed by atoms with E-state index in [9.17, 15) is 9.50 Å². The van der Waals surface area contributed by atoms with Gasteiger partial charge in [0.1, 0.15) is 17.7 Å². The van der Waals surface area contributed by atoms with E-state index >= 15 is 0 Å². The van der Waals surface area contributed by atoms with Crippen LogP contribution in [0.1, 0.15) is 30.8 Å². The van der Waals surface area contributed by atoms with Crippen LogP contribution in [0.4, 0.5) is 4.39 Å². The van der Waals surface area contributed by atoms with Crippen molar-refractivity contribution in [3.8, 4) is 0 Å². The molecule has 0 spiro atoms. The summed E-state index contributed by atoms with van der Waals surface area (Å²) in [6, 6.07) is 12.2. The average Bonchev–Trinajstić information content (AvgIpc) is 2.89. The third-order valence-electron chi connectivity index (χ3n) is 3.75. The molecule has 0 radical (unpaired) electrons. The highest BCUT2D eigenvalue weighted by molar-refractivity contribution is 6.31. The van der Waals surface area contributed by atoms with Crippen LogP contribution >= 0.6 is 11.6 Å². The normalized spacial score (nSPS) is 12.7. The van der Waals surface area contributed by atoms with Crippen LogP contribution in [0.15, 0.2) is 42.5 Å². The second kappa shape index (κ2) is 6.07. The monoisotopic (exact) mass is 318 g/mol. The Balaban J connectivity index is 2.16. The van der Waals surface area contributed by atoms with Gasteiger partial charge in [0.05, 0.1) is 17.6 Å². The Labute approximate surface area is 133 Å². The first kappa shape index (κ1) is 15.0. The number of halogens is 2. The Bertz CT molecular complexity index is 795. The van der Waals surface area contributed by atoms with Crippen LogP contribution in [0, 0.1) is 5.82 Å². The van der Waals surface area contributed by atoms with Gasteiger partial charge in [0.15, 0.2) is 0 Å². The van der Waals surface area contributed by atoms with Gasteiger partial charge < -0.3 is 9.67 Å². The van der Waals surface area contributed by atoms with E-state index in [1.165, 1.54) is 6.07 Å². The fourth-order valence-electron chi connectivity index (χ4n) is 2.54. The molecule has 1 heterocycles. The SMILES string of the molecule is CC[C@@H](O)c1nc2ccccc2n1Cc1c(F)cccc1Cl. The second-order valence-corrected chi connectivity index (χ2v) is 5.58. The van der Waals surface area contributed by atoms with Gasteiger partial charge >= 0.3 is 0 Å². The van der Waals surface area contributed by atoms with Crippen LogP contribution in [0.25, 0.3) is 11.0 Å².